The minimum Gasteiger partial charge on any atom is -0.443 e. The van der Waals surface area contributed by atoms with Gasteiger partial charge in [-0.3, -0.25) is 15.0 Å². The number of halogens is 1. The predicted octanol–water partition coefficient (Wildman–Crippen LogP) is 2.16. The van der Waals surface area contributed by atoms with Gasteiger partial charge in [0, 0.05) is 17.8 Å². The van der Waals surface area contributed by atoms with Gasteiger partial charge in [-0.2, -0.15) is 0 Å². The first-order valence-corrected chi connectivity index (χ1v) is 5.44. The van der Waals surface area contributed by atoms with Crippen LogP contribution in [0.5, 0.6) is 0 Å². The standard InChI is InChI=1S/C10H9ClN2O4/c11-5-9-6-12(10(14)17-9)7-1-3-8(4-2-7)13(15)16/h1-4,9H,5-6H2. The van der Waals surface area contributed by atoms with Crippen molar-refractivity contribution in [3.8, 4) is 0 Å². The van der Waals surface area contributed by atoms with E-state index in [1.165, 1.54) is 29.2 Å². The van der Waals surface area contributed by atoms with Crippen LogP contribution in [0.3, 0.4) is 0 Å². The number of carbonyl (C=O) groups excluding carboxylic acids is 1. The van der Waals surface area contributed by atoms with Gasteiger partial charge in [-0.15, -0.1) is 11.6 Å². The van der Waals surface area contributed by atoms with Gasteiger partial charge < -0.3 is 4.74 Å². The molecule has 1 saturated heterocycles. The predicted molar refractivity (Wildman–Crippen MR) is 61.4 cm³/mol. The van der Waals surface area contributed by atoms with Crippen molar-refractivity contribution in [2.45, 2.75) is 6.10 Å². The molecule has 90 valence electrons. The molecule has 1 aliphatic heterocycles. The van der Waals surface area contributed by atoms with E-state index in [-0.39, 0.29) is 17.7 Å². The molecule has 0 radical (unpaired) electrons. The summed E-state index contributed by atoms with van der Waals surface area (Å²) in [6.07, 6.45) is -0.816. The first kappa shape index (κ1) is 11.7. The van der Waals surface area contributed by atoms with Crippen LogP contribution in [-0.4, -0.2) is 29.5 Å². The number of rotatable bonds is 3. The Morgan fingerprint density at radius 2 is 2.12 bits per heavy atom. The zero-order valence-electron chi connectivity index (χ0n) is 8.71. The number of cyclic esters (lactones) is 1. The molecule has 0 saturated carbocycles. The van der Waals surface area contributed by atoms with E-state index in [4.69, 9.17) is 16.3 Å². The van der Waals surface area contributed by atoms with E-state index in [0.717, 1.165) is 0 Å². The topological polar surface area (TPSA) is 72.7 Å². The van der Waals surface area contributed by atoms with E-state index >= 15 is 0 Å². The summed E-state index contributed by atoms with van der Waals surface area (Å²) < 4.78 is 4.98. The van der Waals surface area contributed by atoms with Crippen molar-refractivity contribution in [3.63, 3.8) is 0 Å². The van der Waals surface area contributed by atoms with Crippen molar-refractivity contribution >= 4 is 29.1 Å². The molecule has 0 aromatic heterocycles. The van der Waals surface area contributed by atoms with Gasteiger partial charge >= 0.3 is 6.09 Å². The van der Waals surface area contributed by atoms with Gasteiger partial charge in [-0.1, -0.05) is 0 Å². The molecule has 1 aliphatic rings. The van der Waals surface area contributed by atoms with Crippen LogP contribution in [0.2, 0.25) is 0 Å². The fourth-order valence-electron chi connectivity index (χ4n) is 1.57. The maximum atomic E-state index is 11.5. The summed E-state index contributed by atoms with van der Waals surface area (Å²) in [7, 11) is 0. The molecule has 17 heavy (non-hydrogen) atoms. The van der Waals surface area contributed by atoms with Crippen LogP contribution in [0.1, 0.15) is 0 Å². The van der Waals surface area contributed by atoms with E-state index < -0.39 is 11.0 Å². The molecule has 1 fully saturated rings. The molecule has 7 heteroatoms. The van der Waals surface area contributed by atoms with E-state index in [1.807, 2.05) is 0 Å². The largest absolute Gasteiger partial charge is 0.443 e. The molecule has 0 spiro atoms. The van der Waals surface area contributed by atoms with E-state index in [9.17, 15) is 14.9 Å². The van der Waals surface area contributed by atoms with Crippen LogP contribution in [-0.2, 0) is 4.74 Å². The molecule has 1 aromatic rings. The molecule has 1 atom stereocenters. The van der Waals surface area contributed by atoms with Crippen molar-refractivity contribution < 1.29 is 14.5 Å². The van der Waals surface area contributed by atoms with Crippen molar-refractivity contribution in [2.75, 3.05) is 17.3 Å². The molecule has 1 amide bonds. The summed E-state index contributed by atoms with van der Waals surface area (Å²) in [5.74, 6) is 0.231. The lowest BCUT2D eigenvalue weighted by Crippen LogP contribution is -2.24. The summed E-state index contributed by atoms with van der Waals surface area (Å²) in [5, 5.41) is 10.5. The molecular weight excluding hydrogens is 248 g/mol. The Hall–Kier alpha value is -1.82. The number of nitrogens with zero attached hydrogens (tertiary/aromatic N) is 2. The first-order valence-electron chi connectivity index (χ1n) is 4.90. The van der Waals surface area contributed by atoms with Crippen molar-refractivity contribution in [2.24, 2.45) is 0 Å². The Balaban J connectivity index is 2.18. The number of hydrogen-bond donors (Lipinski definition) is 0. The van der Waals surface area contributed by atoms with Gasteiger partial charge in [0.25, 0.3) is 5.69 Å². The van der Waals surface area contributed by atoms with Gasteiger partial charge in [-0.05, 0) is 12.1 Å². The maximum Gasteiger partial charge on any atom is 0.414 e. The highest BCUT2D eigenvalue weighted by atomic mass is 35.5. The third kappa shape index (κ3) is 2.31. The maximum absolute atomic E-state index is 11.5. The molecule has 6 nitrogen and oxygen atoms in total. The zero-order chi connectivity index (χ0) is 12.4. The molecular formula is C10H9ClN2O4. The van der Waals surface area contributed by atoms with Crippen molar-refractivity contribution in [1.82, 2.24) is 0 Å². The SMILES string of the molecule is O=C1OC(CCl)CN1c1ccc([N+](=O)[O-])cc1. The van der Waals surface area contributed by atoms with Crippen LogP contribution < -0.4 is 4.90 Å². The molecule has 0 aliphatic carbocycles. The van der Waals surface area contributed by atoms with Gasteiger partial charge in [-0.25, -0.2) is 4.79 Å². The van der Waals surface area contributed by atoms with Crippen molar-refractivity contribution in [1.29, 1.82) is 0 Å². The zero-order valence-corrected chi connectivity index (χ0v) is 9.46. The fraction of sp³-hybridized carbons (Fsp3) is 0.300. The van der Waals surface area contributed by atoms with Crippen LogP contribution in [0.4, 0.5) is 16.2 Å². The number of ether oxygens (including phenoxy) is 1. The number of amides is 1. The number of carbonyl (C=O) groups is 1. The summed E-state index contributed by atoms with van der Waals surface area (Å²) in [6, 6.07) is 5.71. The molecule has 1 unspecified atom stereocenters. The van der Waals surface area contributed by atoms with Gasteiger partial charge in [0.05, 0.1) is 17.3 Å². The smallest absolute Gasteiger partial charge is 0.414 e. The lowest BCUT2D eigenvalue weighted by Gasteiger charge is -2.11. The first-order chi connectivity index (χ1) is 8.11. The Kier molecular flexibility index (Phi) is 3.14. The summed E-state index contributed by atoms with van der Waals surface area (Å²) in [4.78, 5) is 22.9. The molecule has 1 aromatic carbocycles. The summed E-state index contributed by atoms with van der Waals surface area (Å²) in [6.45, 7) is 0.361. The van der Waals surface area contributed by atoms with Crippen LogP contribution >= 0.6 is 11.6 Å². The van der Waals surface area contributed by atoms with E-state index in [1.54, 1.807) is 0 Å². The lowest BCUT2D eigenvalue weighted by atomic mass is 10.2. The number of anilines is 1. The number of hydrogen-bond acceptors (Lipinski definition) is 4. The molecule has 1 heterocycles. The Bertz CT molecular complexity index is 448. The molecule has 2 rings (SSSR count). The summed E-state index contributed by atoms with van der Waals surface area (Å²) in [5.41, 5.74) is 0.545. The number of nitro groups is 1. The fourth-order valence-corrected chi connectivity index (χ4v) is 1.73. The highest BCUT2D eigenvalue weighted by molar-refractivity contribution is 6.18. The van der Waals surface area contributed by atoms with Crippen LogP contribution in [0.25, 0.3) is 0 Å². The number of nitro benzene ring substituents is 1. The Morgan fingerprint density at radius 3 is 2.59 bits per heavy atom. The minimum absolute atomic E-state index is 0.0183. The van der Waals surface area contributed by atoms with E-state index in [2.05, 4.69) is 0 Å². The van der Waals surface area contributed by atoms with Gasteiger partial charge in [0.1, 0.15) is 6.10 Å². The van der Waals surface area contributed by atoms with Crippen LogP contribution in [0, 0.1) is 10.1 Å². The minimum atomic E-state index is -0.492. The summed E-state index contributed by atoms with van der Waals surface area (Å²) >= 11 is 5.60. The third-order valence-electron chi connectivity index (χ3n) is 2.42. The Morgan fingerprint density at radius 1 is 1.47 bits per heavy atom. The van der Waals surface area contributed by atoms with Crippen molar-refractivity contribution in [3.05, 3.63) is 34.4 Å². The second kappa shape index (κ2) is 4.58. The third-order valence-corrected chi connectivity index (χ3v) is 2.76. The normalized spacial score (nSPS) is 19.2. The monoisotopic (exact) mass is 256 g/mol. The average Bonchev–Trinajstić information content (AvgIpc) is 2.71. The second-order valence-electron chi connectivity index (χ2n) is 3.54. The highest BCUT2D eigenvalue weighted by Crippen LogP contribution is 2.24. The highest BCUT2D eigenvalue weighted by Gasteiger charge is 2.31. The molecule has 0 N–H and O–H groups in total. The average molecular weight is 257 g/mol. The number of benzene rings is 1. The molecule has 0 bridgehead atoms. The van der Waals surface area contributed by atoms with Gasteiger partial charge in [0.2, 0.25) is 0 Å². The Labute approximate surface area is 102 Å². The number of alkyl halides is 1. The number of non-ortho nitro benzene ring substituents is 1. The lowest BCUT2D eigenvalue weighted by molar-refractivity contribution is -0.384. The van der Waals surface area contributed by atoms with Gasteiger partial charge in [0.15, 0.2) is 0 Å². The van der Waals surface area contributed by atoms with Crippen LogP contribution in [0.15, 0.2) is 24.3 Å². The quantitative estimate of drug-likeness (QED) is 0.472. The van der Waals surface area contributed by atoms with E-state index in [0.29, 0.717) is 12.2 Å². The second-order valence-corrected chi connectivity index (χ2v) is 3.85.